The monoisotopic (exact) mass is 395 g/mol. The van der Waals surface area contributed by atoms with E-state index in [1.165, 1.54) is 16.7 Å². The number of furan rings is 1. The van der Waals surface area contributed by atoms with Gasteiger partial charge in [0.25, 0.3) is 5.91 Å². The van der Waals surface area contributed by atoms with Crippen LogP contribution in [-0.2, 0) is 5.54 Å². The molecule has 8 nitrogen and oxygen atoms in total. The highest BCUT2D eigenvalue weighted by Gasteiger charge is 2.37. The third-order valence-corrected chi connectivity index (χ3v) is 5.35. The zero-order valence-corrected chi connectivity index (χ0v) is 17.1. The molecule has 29 heavy (non-hydrogen) atoms. The first-order valence-corrected chi connectivity index (χ1v) is 9.96. The van der Waals surface area contributed by atoms with Crippen molar-refractivity contribution in [2.24, 2.45) is 0 Å². The molecule has 0 unspecified atom stereocenters. The summed E-state index contributed by atoms with van der Waals surface area (Å²) in [5.41, 5.74) is 0.955. The van der Waals surface area contributed by atoms with Crippen LogP contribution in [0.2, 0.25) is 0 Å². The Balaban J connectivity index is 1.59. The molecule has 1 atom stereocenters. The van der Waals surface area contributed by atoms with E-state index in [4.69, 9.17) is 4.42 Å². The Morgan fingerprint density at radius 2 is 1.83 bits per heavy atom. The largest absolute Gasteiger partial charge is 0.459 e. The number of amides is 1. The molecule has 0 saturated carbocycles. The molecule has 152 valence electrons. The Bertz CT molecular complexity index is 937. The van der Waals surface area contributed by atoms with Crippen LogP contribution in [-0.4, -0.2) is 57.2 Å². The molecular formula is C21H27N6O2+. The van der Waals surface area contributed by atoms with Crippen molar-refractivity contribution in [1.82, 2.24) is 25.1 Å². The lowest BCUT2D eigenvalue weighted by atomic mass is 10.0. The molecule has 1 fully saturated rings. The van der Waals surface area contributed by atoms with E-state index in [-0.39, 0.29) is 17.5 Å². The number of hydrogen-bond donors (Lipinski definition) is 1. The predicted molar refractivity (Wildman–Crippen MR) is 106 cm³/mol. The molecule has 4 rings (SSSR count). The van der Waals surface area contributed by atoms with Crippen molar-refractivity contribution in [2.45, 2.75) is 32.4 Å². The summed E-state index contributed by atoms with van der Waals surface area (Å²) in [6.07, 6.45) is 1.53. The van der Waals surface area contributed by atoms with E-state index in [1.807, 2.05) is 27.8 Å². The molecule has 1 amide bonds. The number of benzene rings is 1. The Morgan fingerprint density at radius 1 is 1.10 bits per heavy atom. The van der Waals surface area contributed by atoms with Gasteiger partial charge in [-0.05, 0) is 43.3 Å². The van der Waals surface area contributed by atoms with Crippen LogP contribution in [0.3, 0.4) is 0 Å². The van der Waals surface area contributed by atoms with E-state index in [9.17, 15) is 4.79 Å². The van der Waals surface area contributed by atoms with Gasteiger partial charge in [-0.2, -0.15) is 0 Å². The minimum absolute atomic E-state index is 0.00582. The van der Waals surface area contributed by atoms with Gasteiger partial charge in [-0.25, -0.2) is 4.68 Å². The van der Waals surface area contributed by atoms with Crippen LogP contribution >= 0.6 is 0 Å². The van der Waals surface area contributed by atoms with Crippen molar-refractivity contribution < 1.29 is 14.1 Å². The molecule has 1 aromatic carbocycles. The van der Waals surface area contributed by atoms with E-state index >= 15 is 0 Å². The fraction of sp³-hybridized carbons (Fsp3) is 0.429. The molecule has 0 radical (unpaired) electrons. The third kappa shape index (κ3) is 3.93. The lowest BCUT2D eigenvalue weighted by Crippen LogP contribution is -3.15. The summed E-state index contributed by atoms with van der Waals surface area (Å²) in [5, 5.41) is 12.7. The number of aromatic nitrogens is 4. The maximum Gasteiger partial charge on any atom is 0.289 e. The second-order valence-electron chi connectivity index (χ2n) is 8.39. The lowest BCUT2D eigenvalue weighted by Gasteiger charge is -2.36. The number of hydrogen-bond acceptors (Lipinski definition) is 5. The minimum Gasteiger partial charge on any atom is -0.459 e. The molecule has 2 aromatic heterocycles. The zero-order valence-electron chi connectivity index (χ0n) is 17.1. The maximum absolute atomic E-state index is 12.6. The van der Waals surface area contributed by atoms with Crippen LogP contribution in [0.1, 0.15) is 48.8 Å². The summed E-state index contributed by atoms with van der Waals surface area (Å²) < 4.78 is 7.19. The van der Waals surface area contributed by atoms with E-state index in [1.54, 1.807) is 12.1 Å². The summed E-state index contributed by atoms with van der Waals surface area (Å²) in [4.78, 5) is 15.8. The van der Waals surface area contributed by atoms with Crippen LogP contribution in [0, 0.1) is 0 Å². The quantitative estimate of drug-likeness (QED) is 0.717. The second kappa shape index (κ2) is 7.79. The van der Waals surface area contributed by atoms with Gasteiger partial charge in [-0.3, -0.25) is 4.79 Å². The summed E-state index contributed by atoms with van der Waals surface area (Å²) in [7, 11) is 0. The number of nitrogens with one attached hydrogen (secondary N) is 1. The third-order valence-electron chi connectivity index (χ3n) is 5.35. The van der Waals surface area contributed by atoms with Gasteiger partial charge in [0, 0.05) is 5.56 Å². The van der Waals surface area contributed by atoms with Crippen molar-refractivity contribution in [3.05, 3.63) is 65.9 Å². The summed E-state index contributed by atoms with van der Waals surface area (Å²) in [6.45, 7) is 9.25. The fourth-order valence-corrected chi connectivity index (χ4v) is 3.91. The minimum atomic E-state index is -0.220. The Kier molecular flexibility index (Phi) is 5.19. The van der Waals surface area contributed by atoms with Gasteiger partial charge in [0.1, 0.15) is 0 Å². The molecule has 0 spiro atoms. The first-order valence-electron chi connectivity index (χ1n) is 9.96. The first-order chi connectivity index (χ1) is 13.9. The number of nitrogens with zero attached hydrogens (tertiary/aromatic N) is 5. The normalized spacial score (nSPS) is 16.7. The summed E-state index contributed by atoms with van der Waals surface area (Å²) >= 11 is 0. The van der Waals surface area contributed by atoms with Crippen molar-refractivity contribution in [3.63, 3.8) is 0 Å². The van der Waals surface area contributed by atoms with Crippen LogP contribution in [0.25, 0.3) is 0 Å². The Hall–Kier alpha value is -3.00. The Labute approximate surface area is 170 Å². The van der Waals surface area contributed by atoms with Crippen molar-refractivity contribution >= 4 is 5.91 Å². The smallest absolute Gasteiger partial charge is 0.289 e. The first kappa shape index (κ1) is 19.3. The molecule has 1 N–H and O–H groups in total. The van der Waals surface area contributed by atoms with E-state index in [0.717, 1.165) is 18.9 Å². The molecule has 3 heterocycles. The van der Waals surface area contributed by atoms with Crippen molar-refractivity contribution in [3.8, 4) is 0 Å². The maximum atomic E-state index is 12.6. The molecule has 0 bridgehead atoms. The molecular weight excluding hydrogens is 368 g/mol. The summed E-state index contributed by atoms with van der Waals surface area (Å²) in [6, 6.07) is 13.8. The fourth-order valence-electron chi connectivity index (χ4n) is 3.91. The van der Waals surface area contributed by atoms with E-state index in [2.05, 4.69) is 48.4 Å². The number of tetrazole rings is 1. The van der Waals surface area contributed by atoms with Crippen LogP contribution in [0.4, 0.5) is 0 Å². The number of piperazine rings is 1. The summed E-state index contributed by atoms with van der Waals surface area (Å²) in [5.74, 6) is 1.19. The van der Waals surface area contributed by atoms with Crippen LogP contribution in [0.15, 0.2) is 53.1 Å². The molecule has 1 aliphatic rings. The van der Waals surface area contributed by atoms with Gasteiger partial charge in [0.05, 0.1) is 38.0 Å². The predicted octanol–water partition coefficient (Wildman–Crippen LogP) is 1.15. The highest BCUT2D eigenvalue weighted by Crippen LogP contribution is 2.22. The van der Waals surface area contributed by atoms with E-state index in [0.29, 0.717) is 18.8 Å². The van der Waals surface area contributed by atoms with Gasteiger partial charge in [-0.15, -0.1) is 5.10 Å². The Morgan fingerprint density at radius 3 is 2.45 bits per heavy atom. The lowest BCUT2D eigenvalue weighted by molar-refractivity contribution is -0.930. The van der Waals surface area contributed by atoms with Gasteiger partial charge in [0.15, 0.2) is 11.8 Å². The molecule has 3 aromatic rings. The SMILES string of the molecule is CC(C)(C)n1nnnc1[C@H](c1ccccc1)[NH+]1CCN(C(=O)c2ccco2)CC1. The molecule has 1 aliphatic heterocycles. The highest BCUT2D eigenvalue weighted by molar-refractivity contribution is 5.91. The standard InChI is InChI=1S/C21H26N6O2/c1-21(2,3)27-19(22-23-24-27)18(16-8-5-4-6-9-16)25-11-13-26(14-12-25)20(28)17-10-7-15-29-17/h4-10,15,18H,11-14H2,1-3H3/p+1/t18-/m0/s1. The van der Waals surface area contributed by atoms with Crippen LogP contribution in [0.5, 0.6) is 0 Å². The topological polar surface area (TPSA) is 81.5 Å². The van der Waals surface area contributed by atoms with Gasteiger partial charge < -0.3 is 14.2 Å². The van der Waals surface area contributed by atoms with Gasteiger partial charge in [0.2, 0.25) is 5.82 Å². The molecule has 8 heteroatoms. The van der Waals surface area contributed by atoms with Crippen LogP contribution < -0.4 is 4.90 Å². The second-order valence-corrected chi connectivity index (χ2v) is 8.39. The zero-order chi connectivity index (χ0) is 20.4. The molecule has 0 aliphatic carbocycles. The van der Waals surface area contributed by atoms with Crippen molar-refractivity contribution in [2.75, 3.05) is 26.2 Å². The average Bonchev–Trinajstić information content (AvgIpc) is 3.41. The highest BCUT2D eigenvalue weighted by atomic mass is 16.3. The average molecular weight is 395 g/mol. The number of carbonyl (C=O) groups excluding carboxylic acids is 1. The molecule has 1 saturated heterocycles. The van der Waals surface area contributed by atoms with Crippen molar-refractivity contribution in [1.29, 1.82) is 0 Å². The van der Waals surface area contributed by atoms with E-state index < -0.39 is 0 Å². The number of quaternary nitrogens is 1. The number of rotatable bonds is 4. The number of carbonyl (C=O) groups is 1. The van der Waals surface area contributed by atoms with Gasteiger partial charge >= 0.3 is 0 Å². The van der Waals surface area contributed by atoms with Gasteiger partial charge in [-0.1, -0.05) is 30.3 Å².